The van der Waals surface area contributed by atoms with Gasteiger partial charge in [0.2, 0.25) is 0 Å². The summed E-state index contributed by atoms with van der Waals surface area (Å²) >= 11 is 0. The predicted molar refractivity (Wildman–Crippen MR) is 42.6 cm³/mol. The highest BCUT2D eigenvalue weighted by molar-refractivity contribution is 5.79. The molecule has 0 aromatic rings. The second-order valence-electron chi connectivity index (χ2n) is 2.88. The first-order valence-electron chi connectivity index (χ1n) is 3.70. The summed E-state index contributed by atoms with van der Waals surface area (Å²) in [6.45, 7) is 6.29. The van der Waals surface area contributed by atoms with Crippen molar-refractivity contribution in [3.05, 3.63) is 0 Å². The molecule has 0 fully saturated rings. The zero-order chi connectivity index (χ0) is 8.85. The second kappa shape index (κ2) is 5.09. The minimum atomic E-state index is -0.456. The van der Waals surface area contributed by atoms with Crippen molar-refractivity contribution in [1.82, 2.24) is 5.43 Å². The zero-order valence-corrected chi connectivity index (χ0v) is 7.26. The molecule has 66 valence electrons. The van der Waals surface area contributed by atoms with Gasteiger partial charge in [0.15, 0.2) is 0 Å². The number of hydrogen-bond acceptors (Lipinski definition) is 3. The quantitative estimate of drug-likeness (QED) is 0.346. The van der Waals surface area contributed by atoms with Crippen LogP contribution in [0.5, 0.6) is 0 Å². The lowest BCUT2D eigenvalue weighted by Crippen LogP contribution is -2.39. The van der Waals surface area contributed by atoms with Crippen LogP contribution in [-0.2, 0) is 9.53 Å². The van der Waals surface area contributed by atoms with Gasteiger partial charge in [-0.3, -0.25) is 10.2 Å². The summed E-state index contributed by atoms with van der Waals surface area (Å²) < 4.78 is 5.16. The van der Waals surface area contributed by atoms with Gasteiger partial charge in [-0.15, -0.1) is 0 Å². The Kier molecular flexibility index (Phi) is 4.81. The van der Waals surface area contributed by atoms with Crippen LogP contribution in [0.1, 0.15) is 20.8 Å². The summed E-state index contributed by atoms with van der Waals surface area (Å²) in [5.74, 6) is 5.05. The Morgan fingerprint density at radius 1 is 1.55 bits per heavy atom. The standard InChI is InChI=1S/C7H16N2O2/c1-5(2)4-11-6(3)7(10)9-8/h5-6H,4,8H2,1-3H3,(H,9,10). The van der Waals surface area contributed by atoms with Crippen molar-refractivity contribution in [2.24, 2.45) is 11.8 Å². The minimum absolute atomic E-state index is 0.286. The number of nitrogens with one attached hydrogen (secondary N) is 1. The van der Waals surface area contributed by atoms with E-state index in [2.05, 4.69) is 0 Å². The highest BCUT2D eigenvalue weighted by Crippen LogP contribution is 1.96. The van der Waals surface area contributed by atoms with Crippen LogP contribution in [0.2, 0.25) is 0 Å². The lowest BCUT2D eigenvalue weighted by Gasteiger charge is -2.12. The van der Waals surface area contributed by atoms with E-state index < -0.39 is 6.10 Å². The Morgan fingerprint density at radius 2 is 2.09 bits per heavy atom. The molecule has 0 aromatic heterocycles. The molecule has 0 aromatic carbocycles. The lowest BCUT2D eigenvalue weighted by atomic mass is 10.2. The van der Waals surface area contributed by atoms with Crippen molar-refractivity contribution >= 4 is 5.91 Å². The molecule has 0 heterocycles. The zero-order valence-electron chi connectivity index (χ0n) is 7.26. The molecule has 3 N–H and O–H groups in total. The van der Waals surface area contributed by atoms with Gasteiger partial charge in [-0.2, -0.15) is 0 Å². The van der Waals surface area contributed by atoms with Crippen molar-refractivity contribution in [2.45, 2.75) is 26.9 Å². The van der Waals surface area contributed by atoms with Crippen molar-refractivity contribution in [1.29, 1.82) is 0 Å². The number of hydrogen-bond donors (Lipinski definition) is 2. The van der Waals surface area contributed by atoms with E-state index in [0.717, 1.165) is 0 Å². The molecule has 0 aliphatic rings. The second-order valence-corrected chi connectivity index (χ2v) is 2.88. The fourth-order valence-electron chi connectivity index (χ4n) is 0.530. The molecule has 1 unspecified atom stereocenters. The van der Waals surface area contributed by atoms with E-state index >= 15 is 0 Å². The molecule has 0 radical (unpaired) electrons. The first-order chi connectivity index (χ1) is 5.07. The first kappa shape index (κ1) is 10.4. The molecule has 4 nitrogen and oxygen atoms in total. The minimum Gasteiger partial charge on any atom is -0.368 e. The Morgan fingerprint density at radius 3 is 2.45 bits per heavy atom. The number of carbonyl (C=O) groups is 1. The summed E-state index contributed by atoms with van der Waals surface area (Å²) in [5.41, 5.74) is 2.02. The Labute approximate surface area is 67.1 Å². The van der Waals surface area contributed by atoms with Crippen LogP contribution in [0.4, 0.5) is 0 Å². The van der Waals surface area contributed by atoms with Crippen molar-refractivity contribution in [2.75, 3.05) is 6.61 Å². The molecule has 0 rings (SSSR count). The first-order valence-corrected chi connectivity index (χ1v) is 3.70. The van der Waals surface area contributed by atoms with E-state index in [4.69, 9.17) is 10.6 Å². The number of amides is 1. The highest BCUT2D eigenvalue weighted by atomic mass is 16.5. The van der Waals surface area contributed by atoms with Gasteiger partial charge in [0, 0.05) is 6.61 Å². The predicted octanol–water partition coefficient (Wildman–Crippen LogP) is 0.0374. The molecule has 0 saturated carbocycles. The van der Waals surface area contributed by atoms with Gasteiger partial charge < -0.3 is 4.74 Å². The van der Waals surface area contributed by atoms with Crippen molar-refractivity contribution in [3.8, 4) is 0 Å². The van der Waals surface area contributed by atoms with Crippen LogP contribution in [0, 0.1) is 5.92 Å². The largest absolute Gasteiger partial charge is 0.368 e. The topological polar surface area (TPSA) is 64.3 Å². The lowest BCUT2D eigenvalue weighted by molar-refractivity contribution is -0.132. The summed E-state index contributed by atoms with van der Waals surface area (Å²) in [7, 11) is 0. The maximum Gasteiger partial charge on any atom is 0.262 e. The molecule has 0 saturated heterocycles. The number of carbonyl (C=O) groups excluding carboxylic acids is 1. The molecule has 0 aliphatic heterocycles. The molecule has 4 heteroatoms. The highest BCUT2D eigenvalue weighted by Gasteiger charge is 2.11. The molecular formula is C7H16N2O2. The van der Waals surface area contributed by atoms with E-state index in [1.54, 1.807) is 6.92 Å². The van der Waals surface area contributed by atoms with Crippen LogP contribution >= 0.6 is 0 Å². The van der Waals surface area contributed by atoms with E-state index in [1.807, 2.05) is 19.3 Å². The van der Waals surface area contributed by atoms with E-state index in [9.17, 15) is 4.79 Å². The monoisotopic (exact) mass is 160 g/mol. The fourth-order valence-corrected chi connectivity index (χ4v) is 0.530. The van der Waals surface area contributed by atoms with E-state index in [-0.39, 0.29) is 5.91 Å². The van der Waals surface area contributed by atoms with Gasteiger partial charge in [-0.05, 0) is 12.8 Å². The maximum atomic E-state index is 10.8. The Bertz CT molecular complexity index is 126. The van der Waals surface area contributed by atoms with E-state index in [0.29, 0.717) is 12.5 Å². The van der Waals surface area contributed by atoms with Crippen LogP contribution in [0.3, 0.4) is 0 Å². The molecule has 0 bridgehead atoms. The molecule has 0 spiro atoms. The maximum absolute atomic E-state index is 10.8. The van der Waals surface area contributed by atoms with Gasteiger partial charge in [0.05, 0.1) is 0 Å². The molecule has 1 amide bonds. The summed E-state index contributed by atoms with van der Waals surface area (Å²) in [6.07, 6.45) is -0.456. The SMILES string of the molecule is CC(C)COC(C)C(=O)NN. The number of nitrogens with two attached hydrogens (primary N) is 1. The Hall–Kier alpha value is -0.610. The third-order valence-corrected chi connectivity index (χ3v) is 1.19. The molecule has 1 atom stereocenters. The fraction of sp³-hybridized carbons (Fsp3) is 0.857. The third kappa shape index (κ3) is 4.75. The third-order valence-electron chi connectivity index (χ3n) is 1.19. The average Bonchev–Trinajstić information content (AvgIpc) is 1.98. The van der Waals surface area contributed by atoms with Crippen molar-refractivity contribution in [3.63, 3.8) is 0 Å². The summed E-state index contributed by atoms with van der Waals surface area (Å²) in [4.78, 5) is 10.8. The average molecular weight is 160 g/mol. The van der Waals surface area contributed by atoms with Crippen LogP contribution in [-0.4, -0.2) is 18.6 Å². The number of rotatable bonds is 4. The summed E-state index contributed by atoms with van der Waals surface area (Å²) in [5, 5.41) is 0. The van der Waals surface area contributed by atoms with Gasteiger partial charge in [-0.1, -0.05) is 13.8 Å². The van der Waals surface area contributed by atoms with Gasteiger partial charge >= 0.3 is 0 Å². The van der Waals surface area contributed by atoms with Crippen LogP contribution in [0.15, 0.2) is 0 Å². The molecule has 0 aliphatic carbocycles. The van der Waals surface area contributed by atoms with Crippen LogP contribution < -0.4 is 11.3 Å². The van der Waals surface area contributed by atoms with Gasteiger partial charge in [0.25, 0.3) is 5.91 Å². The molecule has 11 heavy (non-hydrogen) atoms. The van der Waals surface area contributed by atoms with Crippen LogP contribution in [0.25, 0.3) is 0 Å². The number of ether oxygens (including phenoxy) is 1. The van der Waals surface area contributed by atoms with Gasteiger partial charge in [0.1, 0.15) is 6.10 Å². The normalized spacial score (nSPS) is 13.2. The van der Waals surface area contributed by atoms with Gasteiger partial charge in [-0.25, -0.2) is 5.84 Å². The molecular weight excluding hydrogens is 144 g/mol. The smallest absolute Gasteiger partial charge is 0.262 e. The van der Waals surface area contributed by atoms with Crippen molar-refractivity contribution < 1.29 is 9.53 Å². The summed E-state index contributed by atoms with van der Waals surface area (Å²) in [6, 6.07) is 0. The Balaban J connectivity index is 3.52. The number of hydrazine groups is 1. The van der Waals surface area contributed by atoms with E-state index in [1.165, 1.54) is 0 Å².